The number of benzene rings is 1. The Balaban J connectivity index is 1.98. The van der Waals surface area contributed by atoms with E-state index >= 15 is 0 Å². The molecule has 0 saturated carbocycles. The fraction of sp³-hybridized carbons (Fsp3) is 0.235. The molecule has 0 saturated heterocycles. The molecule has 1 atom stereocenters. The van der Waals surface area contributed by atoms with Crippen LogP contribution in [0.3, 0.4) is 0 Å². The maximum absolute atomic E-state index is 12.2. The van der Waals surface area contributed by atoms with E-state index in [1.165, 1.54) is 0 Å². The first-order chi connectivity index (χ1) is 11.1. The van der Waals surface area contributed by atoms with Gasteiger partial charge in [-0.15, -0.1) is 10.2 Å². The third kappa shape index (κ3) is 3.05. The van der Waals surface area contributed by atoms with E-state index in [4.69, 9.17) is 11.6 Å². The Kier molecular flexibility index (Phi) is 4.30. The molecular formula is C17H17ClN4O. The lowest BCUT2D eigenvalue weighted by Crippen LogP contribution is -2.31. The van der Waals surface area contributed by atoms with Crippen LogP contribution in [0.15, 0.2) is 42.6 Å². The second-order valence-corrected chi connectivity index (χ2v) is 5.84. The molecule has 0 aliphatic rings. The van der Waals surface area contributed by atoms with Crippen LogP contribution >= 0.6 is 11.6 Å². The summed E-state index contributed by atoms with van der Waals surface area (Å²) in [7, 11) is 0. The van der Waals surface area contributed by atoms with E-state index in [9.17, 15) is 4.79 Å². The number of hydrogen-bond donors (Lipinski definition) is 1. The predicted octanol–water partition coefficient (Wildman–Crippen LogP) is 3.58. The molecular weight excluding hydrogens is 312 g/mol. The zero-order valence-corrected chi connectivity index (χ0v) is 13.7. The molecule has 0 unspecified atom stereocenters. The predicted molar refractivity (Wildman–Crippen MR) is 90.7 cm³/mol. The van der Waals surface area contributed by atoms with Crippen molar-refractivity contribution in [2.45, 2.75) is 26.3 Å². The molecule has 0 aliphatic carbocycles. The van der Waals surface area contributed by atoms with Crippen molar-refractivity contribution < 1.29 is 4.79 Å². The van der Waals surface area contributed by atoms with Crippen LogP contribution in [0.5, 0.6) is 0 Å². The SMILES string of the molecule is CC[C@@H](C)NC(=O)c1ccn2c(-c3ccccc3Cl)nnc2c1. The van der Waals surface area contributed by atoms with E-state index in [0.717, 1.165) is 12.0 Å². The molecule has 118 valence electrons. The van der Waals surface area contributed by atoms with Gasteiger partial charge < -0.3 is 5.32 Å². The van der Waals surface area contributed by atoms with Gasteiger partial charge in [-0.1, -0.05) is 30.7 Å². The largest absolute Gasteiger partial charge is 0.350 e. The van der Waals surface area contributed by atoms with Gasteiger partial charge in [-0.05, 0) is 37.6 Å². The number of rotatable bonds is 4. The molecule has 1 amide bonds. The number of fused-ring (bicyclic) bond motifs is 1. The summed E-state index contributed by atoms with van der Waals surface area (Å²) in [5.41, 5.74) is 1.98. The molecule has 3 aromatic rings. The Morgan fingerprint density at radius 1 is 1.30 bits per heavy atom. The van der Waals surface area contributed by atoms with Crippen molar-refractivity contribution in [3.05, 3.63) is 53.2 Å². The highest BCUT2D eigenvalue weighted by Crippen LogP contribution is 2.26. The lowest BCUT2D eigenvalue weighted by Gasteiger charge is -2.11. The van der Waals surface area contributed by atoms with Gasteiger partial charge in [0.1, 0.15) is 0 Å². The van der Waals surface area contributed by atoms with E-state index < -0.39 is 0 Å². The van der Waals surface area contributed by atoms with Crippen molar-refractivity contribution in [3.8, 4) is 11.4 Å². The average molecular weight is 329 g/mol. The Bertz CT molecular complexity index is 859. The third-order valence-electron chi connectivity index (χ3n) is 3.78. The minimum absolute atomic E-state index is 0.107. The van der Waals surface area contributed by atoms with Gasteiger partial charge in [-0.2, -0.15) is 0 Å². The summed E-state index contributed by atoms with van der Waals surface area (Å²) in [6, 6.07) is 11.1. The normalized spacial score (nSPS) is 12.3. The summed E-state index contributed by atoms with van der Waals surface area (Å²) in [6.07, 6.45) is 2.68. The Hall–Kier alpha value is -2.40. The fourth-order valence-corrected chi connectivity index (χ4v) is 2.49. The van der Waals surface area contributed by atoms with E-state index in [0.29, 0.717) is 22.1 Å². The van der Waals surface area contributed by atoms with Crippen molar-refractivity contribution in [3.63, 3.8) is 0 Å². The molecule has 2 heterocycles. The molecule has 0 radical (unpaired) electrons. The summed E-state index contributed by atoms with van der Waals surface area (Å²) in [5.74, 6) is 0.545. The van der Waals surface area contributed by atoms with E-state index in [2.05, 4.69) is 15.5 Å². The van der Waals surface area contributed by atoms with Gasteiger partial charge in [0, 0.05) is 23.4 Å². The molecule has 0 bridgehead atoms. The second-order valence-electron chi connectivity index (χ2n) is 5.43. The van der Waals surface area contributed by atoms with Gasteiger partial charge in [0.25, 0.3) is 5.91 Å². The lowest BCUT2D eigenvalue weighted by atomic mass is 10.2. The van der Waals surface area contributed by atoms with Crippen molar-refractivity contribution >= 4 is 23.2 Å². The Labute approximate surface area is 139 Å². The number of pyridine rings is 1. The number of halogens is 1. The minimum atomic E-state index is -0.107. The first-order valence-electron chi connectivity index (χ1n) is 7.50. The molecule has 5 nitrogen and oxygen atoms in total. The zero-order valence-electron chi connectivity index (χ0n) is 13.0. The fourth-order valence-electron chi connectivity index (χ4n) is 2.27. The van der Waals surface area contributed by atoms with Crippen LogP contribution in [-0.2, 0) is 0 Å². The second kappa shape index (κ2) is 6.38. The van der Waals surface area contributed by atoms with Crippen molar-refractivity contribution in [2.75, 3.05) is 0 Å². The van der Waals surface area contributed by atoms with Crippen LogP contribution < -0.4 is 5.32 Å². The van der Waals surface area contributed by atoms with Crippen molar-refractivity contribution in [2.24, 2.45) is 0 Å². The summed E-state index contributed by atoms with van der Waals surface area (Å²) >= 11 is 6.23. The monoisotopic (exact) mass is 328 g/mol. The Morgan fingerprint density at radius 3 is 2.83 bits per heavy atom. The number of nitrogens with one attached hydrogen (secondary N) is 1. The van der Waals surface area contributed by atoms with Gasteiger partial charge in [0.15, 0.2) is 11.5 Å². The molecule has 1 N–H and O–H groups in total. The summed E-state index contributed by atoms with van der Waals surface area (Å²) < 4.78 is 1.82. The lowest BCUT2D eigenvalue weighted by molar-refractivity contribution is 0.0939. The smallest absolute Gasteiger partial charge is 0.251 e. The van der Waals surface area contributed by atoms with Crippen LogP contribution in [-0.4, -0.2) is 26.5 Å². The van der Waals surface area contributed by atoms with E-state index in [-0.39, 0.29) is 11.9 Å². The maximum atomic E-state index is 12.2. The molecule has 23 heavy (non-hydrogen) atoms. The highest BCUT2D eigenvalue weighted by molar-refractivity contribution is 6.33. The molecule has 0 fully saturated rings. The quantitative estimate of drug-likeness (QED) is 0.796. The molecule has 6 heteroatoms. The van der Waals surface area contributed by atoms with Crippen LogP contribution in [0.25, 0.3) is 17.0 Å². The molecule has 0 spiro atoms. The average Bonchev–Trinajstić information content (AvgIpc) is 2.98. The molecule has 2 aromatic heterocycles. The number of carbonyl (C=O) groups excluding carboxylic acids is 1. The highest BCUT2D eigenvalue weighted by Gasteiger charge is 2.14. The van der Waals surface area contributed by atoms with E-state index in [1.54, 1.807) is 18.3 Å². The van der Waals surface area contributed by atoms with Gasteiger partial charge in [0.2, 0.25) is 0 Å². The summed E-state index contributed by atoms with van der Waals surface area (Å²) in [4.78, 5) is 12.2. The number of amides is 1. The van der Waals surface area contributed by atoms with Crippen molar-refractivity contribution in [1.29, 1.82) is 0 Å². The maximum Gasteiger partial charge on any atom is 0.251 e. The van der Waals surface area contributed by atoms with Gasteiger partial charge in [-0.25, -0.2) is 0 Å². The minimum Gasteiger partial charge on any atom is -0.350 e. The summed E-state index contributed by atoms with van der Waals surface area (Å²) in [5, 5.41) is 11.9. The van der Waals surface area contributed by atoms with Crippen LogP contribution in [0.1, 0.15) is 30.6 Å². The van der Waals surface area contributed by atoms with Crippen LogP contribution in [0.2, 0.25) is 5.02 Å². The molecule has 0 aliphatic heterocycles. The number of aromatic nitrogens is 3. The highest BCUT2D eigenvalue weighted by atomic mass is 35.5. The third-order valence-corrected chi connectivity index (χ3v) is 4.11. The first kappa shape index (κ1) is 15.5. The standard InChI is InChI=1S/C17H17ClN4O/c1-3-11(2)19-17(23)12-8-9-22-15(10-12)20-21-16(22)13-6-4-5-7-14(13)18/h4-11H,3H2,1-2H3,(H,19,23)/t11-/m1/s1. The van der Waals surface area contributed by atoms with Gasteiger partial charge in [0.05, 0.1) is 5.02 Å². The zero-order chi connectivity index (χ0) is 16.4. The van der Waals surface area contributed by atoms with E-state index in [1.807, 2.05) is 42.5 Å². The number of hydrogen-bond acceptors (Lipinski definition) is 3. The Morgan fingerprint density at radius 2 is 2.09 bits per heavy atom. The summed E-state index contributed by atoms with van der Waals surface area (Å²) in [6.45, 7) is 4.01. The van der Waals surface area contributed by atoms with Crippen molar-refractivity contribution in [1.82, 2.24) is 19.9 Å². The number of nitrogens with zero attached hydrogens (tertiary/aromatic N) is 3. The number of carbonyl (C=O) groups is 1. The topological polar surface area (TPSA) is 59.3 Å². The van der Waals surface area contributed by atoms with Crippen LogP contribution in [0, 0.1) is 0 Å². The first-order valence-corrected chi connectivity index (χ1v) is 7.88. The van der Waals surface area contributed by atoms with Gasteiger partial charge in [-0.3, -0.25) is 9.20 Å². The molecule has 1 aromatic carbocycles. The van der Waals surface area contributed by atoms with Gasteiger partial charge >= 0.3 is 0 Å². The van der Waals surface area contributed by atoms with Crippen LogP contribution in [0.4, 0.5) is 0 Å². The molecule has 3 rings (SSSR count).